The van der Waals surface area contributed by atoms with Crippen molar-refractivity contribution >= 4 is 0 Å². The van der Waals surface area contributed by atoms with Crippen molar-refractivity contribution < 1.29 is 0 Å². The molecule has 1 radical (unpaired) electrons. The van der Waals surface area contributed by atoms with E-state index < -0.39 is 0 Å². The monoisotopic (exact) mass is 243 g/mol. The Labute approximate surface area is 113 Å². The number of unbranched alkanes of at least 4 members (excludes halogenated alkanes) is 5. The second kappa shape index (κ2) is 9.94. The maximum Gasteiger partial charge on any atom is -0.0149 e. The van der Waals surface area contributed by atoms with Crippen LogP contribution in [-0.4, -0.2) is 0 Å². The van der Waals surface area contributed by atoms with Gasteiger partial charge in [0.25, 0.3) is 0 Å². The highest BCUT2D eigenvalue weighted by Gasteiger charge is 1.93. The zero-order valence-corrected chi connectivity index (χ0v) is 12.0. The first-order valence-electron chi connectivity index (χ1n) is 7.54. The van der Waals surface area contributed by atoms with Gasteiger partial charge in [0, 0.05) is 0 Å². The van der Waals surface area contributed by atoms with Gasteiger partial charge in [0.05, 0.1) is 0 Å². The van der Waals surface area contributed by atoms with Crippen molar-refractivity contribution in [2.75, 3.05) is 0 Å². The predicted molar refractivity (Wildman–Crippen MR) is 80.7 cm³/mol. The standard InChI is InChI=1S/C18H27/c1-3-5-7-8-10-12-18-15-13-17(14-16-18)11-9-6-4-2/h10,13-16H,3-9,11H2,1-2H3. The van der Waals surface area contributed by atoms with Crippen LogP contribution < -0.4 is 0 Å². The zero-order chi connectivity index (χ0) is 13.1. The lowest BCUT2D eigenvalue weighted by Crippen LogP contribution is -1.85. The van der Waals surface area contributed by atoms with Crippen LogP contribution in [0.1, 0.15) is 69.9 Å². The van der Waals surface area contributed by atoms with Crippen LogP contribution in [0.3, 0.4) is 0 Å². The van der Waals surface area contributed by atoms with E-state index in [2.05, 4.69) is 50.3 Å². The molecule has 0 heteroatoms. The molecule has 0 amide bonds. The Morgan fingerprint density at radius 1 is 0.889 bits per heavy atom. The van der Waals surface area contributed by atoms with Crippen LogP contribution in [0.15, 0.2) is 30.3 Å². The average Bonchev–Trinajstić information content (AvgIpc) is 2.40. The van der Waals surface area contributed by atoms with Crippen molar-refractivity contribution in [2.45, 2.75) is 65.2 Å². The van der Waals surface area contributed by atoms with Gasteiger partial charge in [-0.05, 0) is 42.9 Å². The van der Waals surface area contributed by atoms with Crippen molar-refractivity contribution in [1.82, 2.24) is 0 Å². The lowest BCUT2D eigenvalue weighted by atomic mass is 10.0. The Balaban J connectivity index is 2.30. The van der Waals surface area contributed by atoms with E-state index in [9.17, 15) is 0 Å². The first-order valence-corrected chi connectivity index (χ1v) is 7.54. The summed E-state index contributed by atoms with van der Waals surface area (Å²) in [6.07, 6.45) is 15.8. The summed E-state index contributed by atoms with van der Waals surface area (Å²) in [5.41, 5.74) is 2.67. The summed E-state index contributed by atoms with van der Waals surface area (Å²) in [6, 6.07) is 8.88. The molecule has 0 saturated carbocycles. The minimum atomic E-state index is 1.16. The molecular formula is C18H27. The molecule has 0 nitrogen and oxygen atoms in total. The Morgan fingerprint density at radius 3 is 2.22 bits per heavy atom. The number of hydrogen-bond acceptors (Lipinski definition) is 0. The van der Waals surface area contributed by atoms with E-state index in [0.717, 1.165) is 6.42 Å². The van der Waals surface area contributed by atoms with Gasteiger partial charge >= 0.3 is 0 Å². The molecule has 0 unspecified atom stereocenters. The van der Waals surface area contributed by atoms with E-state index in [1.807, 2.05) is 0 Å². The molecule has 0 fully saturated rings. The highest BCUT2D eigenvalue weighted by Crippen LogP contribution is 2.09. The van der Waals surface area contributed by atoms with Gasteiger partial charge < -0.3 is 0 Å². The maximum absolute atomic E-state index is 3.37. The molecule has 0 bridgehead atoms. The summed E-state index contributed by atoms with van der Waals surface area (Å²) in [6.45, 7) is 4.49. The summed E-state index contributed by atoms with van der Waals surface area (Å²) in [5.74, 6) is 0. The van der Waals surface area contributed by atoms with Crippen LogP contribution in [-0.2, 0) is 6.42 Å². The molecule has 0 aliphatic heterocycles. The third kappa shape index (κ3) is 6.64. The van der Waals surface area contributed by atoms with Gasteiger partial charge in [0.15, 0.2) is 0 Å². The van der Waals surface area contributed by atoms with Crippen LogP contribution in [0.2, 0.25) is 0 Å². The van der Waals surface area contributed by atoms with Crippen molar-refractivity contribution in [3.8, 4) is 0 Å². The van der Waals surface area contributed by atoms with Gasteiger partial charge in [-0.1, -0.05) is 69.9 Å². The normalized spacial score (nSPS) is 11.2. The smallest absolute Gasteiger partial charge is 0.0149 e. The second-order valence-corrected chi connectivity index (χ2v) is 5.00. The quantitative estimate of drug-likeness (QED) is 0.487. The zero-order valence-electron chi connectivity index (χ0n) is 12.0. The van der Waals surface area contributed by atoms with Crippen LogP contribution in [0.4, 0.5) is 0 Å². The largest absolute Gasteiger partial charge is 0.0760 e. The highest BCUT2D eigenvalue weighted by atomic mass is 14.0. The number of rotatable bonds is 9. The molecule has 99 valence electrons. The summed E-state index contributed by atoms with van der Waals surface area (Å²) < 4.78 is 0. The van der Waals surface area contributed by atoms with E-state index in [4.69, 9.17) is 0 Å². The molecule has 1 rings (SSSR count). The molecule has 0 heterocycles. The molecule has 1 aromatic carbocycles. The number of allylic oxidation sites excluding steroid dienone is 1. The summed E-state index contributed by atoms with van der Waals surface area (Å²) in [5, 5.41) is 0. The fourth-order valence-corrected chi connectivity index (χ4v) is 2.03. The fourth-order valence-electron chi connectivity index (χ4n) is 2.03. The molecule has 0 N–H and O–H groups in total. The highest BCUT2D eigenvalue weighted by molar-refractivity contribution is 5.27. The molecule has 0 aromatic heterocycles. The van der Waals surface area contributed by atoms with Crippen molar-refractivity contribution in [2.24, 2.45) is 0 Å². The molecule has 0 aliphatic carbocycles. The van der Waals surface area contributed by atoms with Crippen LogP contribution in [0.25, 0.3) is 0 Å². The van der Waals surface area contributed by atoms with E-state index in [0.29, 0.717) is 0 Å². The summed E-state index contributed by atoms with van der Waals surface area (Å²) >= 11 is 0. The molecular weight excluding hydrogens is 216 g/mol. The second-order valence-electron chi connectivity index (χ2n) is 5.00. The van der Waals surface area contributed by atoms with Gasteiger partial charge in [0.2, 0.25) is 0 Å². The van der Waals surface area contributed by atoms with Crippen LogP contribution >= 0.6 is 0 Å². The van der Waals surface area contributed by atoms with Crippen molar-refractivity contribution in [3.63, 3.8) is 0 Å². The topological polar surface area (TPSA) is 0 Å². The number of benzene rings is 1. The van der Waals surface area contributed by atoms with Crippen molar-refractivity contribution in [3.05, 3.63) is 47.5 Å². The summed E-state index contributed by atoms with van der Waals surface area (Å²) in [4.78, 5) is 0. The maximum atomic E-state index is 3.37. The third-order valence-electron chi connectivity index (χ3n) is 3.24. The van der Waals surface area contributed by atoms with Gasteiger partial charge in [-0.25, -0.2) is 0 Å². The van der Waals surface area contributed by atoms with Gasteiger partial charge in [0.1, 0.15) is 0 Å². The average molecular weight is 243 g/mol. The number of hydrogen-bond donors (Lipinski definition) is 0. The minimum absolute atomic E-state index is 1.16. The molecule has 1 aromatic rings. The van der Waals surface area contributed by atoms with Crippen LogP contribution in [0, 0.1) is 6.08 Å². The summed E-state index contributed by atoms with van der Waals surface area (Å²) in [7, 11) is 0. The molecule has 0 spiro atoms. The van der Waals surface area contributed by atoms with Gasteiger partial charge in [-0.2, -0.15) is 0 Å². The van der Waals surface area contributed by atoms with Crippen molar-refractivity contribution in [1.29, 1.82) is 0 Å². The number of aryl methyl sites for hydroxylation is 1. The molecule has 18 heavy (non-hydrogen) atoms. The van der Waals surface area contributed by atoms with E-state index >= 15 is 0 Å². The SMILES string of the molecule is CCCCC/C=[C]\c1ccc(CCCCC)cc1. The third-order valence-corrected chi connectivity index (χ3v) is 3.24. The first-order chi connectivity index (χ1) is 8.86. The minimum Gasteiger partial charge on any atom is -0.0760 e. The van der Waals surface area contributed by atoms with Crippen LogP contribution in [0.5, 0.6) is 0 Å². The van der Waals surface area contributed by atoms with E-state index in [-0.39, 0.29) is 0 Å². The fraction of sp³-hybridized carbons (Fsp3) is 0.556. The lowest BCUT2D eigenvalue weighted by Gasteiger charge is -2.01. The van der Waals surface area contributed by atoms with Gasteiger partial charge in [-0.3, -0.25) is 0 Å². The first kappa shape index (κ1) is 15.0. The Hall–Kier alpha value is -1.04. The lowest BCUT2D eigenvalue weighted by molar-refractivity contribution is 0.717. The molecule has 0 aliphatic rings. The molecule has 0 atom stereocenters. The van der Waals surface area contributed by atoms with E-state index in [1.54, 1.807) is 0 Å². The molecule has 0 saturated heterocycles. The predicted octanol–water partition coefficient (Wildman–Crippen LogP) is 5.71. The Morgan fingerprint density at radius 2 is 1.56 bits per heavy atom. The Bertz CT molecular complexity index is 318. The van der Waals surface area contributed by atoms with E-state index in [1.165, 1.54) is 56.1 Å². The Kier molecular flexibility index (Phi) is 8.29. The van der Waals surface area contributed by atoms with Gasteiger partial charge in [-0.15, -0.1) is 0 Å².